The highest BCUT2D eigenvalue weighted by atomic mass is 16.5. The smallest absolute Gasteiger partial charge is 0.260 e. The third-order valence-electron chi connectivity index (χ3n) is 2.49. The number of nitrogens with zero attached hydrogens (tertiary/aromatic N) is 2. The minimum atomic E-state index is 0.354. The summed E-state index contributed by atoms with van der Waals surface area (Å²) in [5.74, 6) is 1.14. The minimum Gasteiger partial charge on any atom is -0.497 e. The van der Waals surface area contributed by atoms with Crippen LogP contribution in [-0.4, -0.2) is 17.3 Å². The maximum absolute atomic E-state index is 5.66. The van der Waals surface area contributed by atoms with Gasteiger partial charge in [0.1, 0.15) is 5.75 Å². The van der Waals surface area contributed by atoms with Gasteiger partial charge in [-0.3, -0.25) is 0 Å². The van der Waals surface area contributed by atoms with E-state index in [1.807, 2.05) is 24.3 Å². The van der Waals surface area contributed by atoms with E-state index in [0.717, 1.165) is 22.0 Å². The molecule has 0 saturated heterocycles. The molecule has 0 spiro atoms. The summed E-state index contributed by atoms with van der Waals surface area (Å²) in [5, 5.41) is 5.34. The molecule has 0 unspecified atom stereocenters. The van der Waals surface area contributed by atoms with E-state index in [9.17, 15) is 0 Å². The molecule has 0 atom stereocenters. The Kier molecular flexibility index (Phi) is 1.73. The highest BCUT2D eigenvalue weighted by Gasteiger charge is 2.08. The lowest BCUT2D eigenvalue weighted by Crippen LogP contribution is -1.86. The molecule has 0 aliphatic carbocycles. The lowest BCUT2D eigenvalue weighted by atomic mass is 10.2. The van der Waals surface area contributed by atoms with Gasteiger partial charge in [-0.15, -0.1) is 0 Å². The van der Waals surface area contributed by atoms with Gasteiger partial charge in [-0.2, -0.15) is 0 Å². The van der Waals surface area contributed by atoms with E-state index in [1.165, 1.54) is 0 Å². The van der Waals surface area contributed by atoms with Crippen LogP contribution in [0.5, 0.6) is 5.75 Å². The van der Waals surface area contributed by atoms with Gasteiger partial charge >= 0.3 is 0 Å². The first-order valence-electron chi connectivity index (χ1n) is 4.77. The predicted molar refractivity (Wildman–Crippen MR) is 60.3 cm³/mol. The Morgan fingerprint density at radius 3 is 3.00 bits per heavy atom. The second-order valence-electron chi connectivity index (χ2n) is 3.47. The summed E-state index contributed by atoms with van der Waals surface area (Å²) in [5.41, 5.74) is 6.94. The van der Waals surface area contributed by atoms with Crippen molar-refractivity contribution in [2.45, 2.75) is 0 Å². The van der Waals surface area contributed by atoms with Crippen molar-refractivity contribution in [3.63, 3.8) is 0 Å². The van der Waals surface area contributed by atoms with E-state index in [-0.39, 0.29) is 0 Å². The number of hydrogen-bond acceptors (Lipinski definition) is 5. The van der Waals surface area contributed by atoms with Gasteiger partial charge in [-0.05, 0) is 24.3 Å². The topological polar surface area (TPSA) is 74.2 Å². The maximum atomic E-state index is 5.66. The lowest BCUT2D eigenvalue weighted by molar-refractivity contribution is 0.415. The minimum absolute atomic E-state index is 0.354. The zero-order valence-corrected chi connectivity index (χ0v) is 8.60. The Morgan fingerprint density at radius 2 is 2.19 bits per heavy atom. The normalized spacial score (nSPS) is 11.1. The molecule has 0 radical (unpaired) electrons. The van der Waals surface area contributed by atoms with Gasteiger partial charge in [0.15, 0.2) is 5.82 Å². The van der Waals surface area contributed by atoms with Crippen molar-refractivity contribution in [1.82, 2.24) is 10.1 Å². The summed E-state index contributed by atoms with van der Waals surface area (Å²) in [6, 6.07) is 7.51. The molecule has 2 heterocycles. The van der Waals surface area contributed by atoms with E-state index in [2.05, 4.69) is 10.1 Å². The van der Waals surface area contributed by atoms with Gasteiger partial charge in [-0.25, -0.2) is 4.98 Å². The Balaban J connectivity index is 2.39. The number of nitrogen functional groups attached to an aromatic ring is 1. The van der Waals surface area contributed by atoms with Crippen molar-refractivity contribution < 1.29 is 9.26 Å². The van der Waals surface area contributed by atoms with Crippen molar-refractivity contribution in [2.24, 2.45) is 0 Å². The maximum Gasteiger partial charge on any atom is 0.260 e. The standard InChI is InChI=1S/C11H9N3O2/c1-15-7-2-3-9-6(4-7)5-8-10(12)14-16-11(8)13-9/h2-5H,1H3,(H2,12,14). The highest BCUT2D eigenvalue weighted by molar-refractivity contribution is 5.95. The monoisotopic (exact) mass is 215 g/mol. The number of aromatic nitrogens is 2. The second kappa shape index (κ2) is 3.10. The van der Waals surface area contributed by atoms with Crippen molar-refractivity contribution in [2.75, 3.05) is 12.8 Å². The number of benzene rings is 1. The number of hydrogen-bond donors (Lipinski definition) is 1. The lowest BCUT2D eigenvalue weighted by Gasteiger charge is -2.01. The summed E-state index contributed by atoms with van der Waals surface area (Å²) < 4.78 is 10.1. The van der Waals surface area contributed by atoms with Crippen LogP contribution in [-0.2, 0) is 0 Å². The van der Waals surface area contributed by atoms with Crippen LogP contribution in [0.15, 0.2) is 28.8 Å². The molecule has 0 aliphatic rings. The molecule has 2 aromatic heterocycles. The van der Waals surface area contributed by atoms with Crippen LogP contribution in [0.1, 0.15) is 0 Å². The summed E-state index contributed by atoms with van der Waals surface area (Å²) >= 11 is 0. The molecule has 0 amide bonds. The zero-order chi connectivity index (χ0) is 11.1. The van der Waals surface area contributed by atoms with Gasteiger partial charge in [0, 0.05) is 5.39 Å². The molecule has 5 heteroatoms. The molecule has 3 rings (SSSR count). The number of nitrogens with two attached hydrogens (primary N) is 1. The molecule has 80 valence electrons. The molecule has 3 aromatic rings. The van der Waals surface area contributed by atoms with Crippen LogP contribution < -0.4 is 10.5 Å². The molecule has 16 heavy (non-hydrogen) atoms. The molecule has 1 aromatic carbocycles. The molecule has 2 N–H and O–H groups in total. The average Bonchev–Trinajstić information content (AvgIpc) is 2.67. The van der Waals surface area contributed by atoms with Gasteiger partial charge in [0.25, 0.3) is 5.71 Å². The van der Waals surface area contributed by atoms with Crippen molar-refractivity contribution >= 4 is 27.8 Å². The van der Waals surface area contributed by atoms with Gasteiger partial charge in [0.05, 0.1) is 18.0 Å². The summed E-state index contributed by atoms with van der Waals surface area (Å²) in [7, 11) is 1.63. The first-order valence-corrected chi connectivity index (χ1v) is 4.77. The predicted octanol–water partition coefficient (Wildman–Crippen LogP) is 1.97. The van der Waals surface area contributed by atoms with Gasteiger partial charge in [0.2, 0.25) is 0 Å². The number of ether oxygens (including phenoxy) is 1. The SMILES string of the molecule is COc1ccc2nc3onc(N)c3cc2c1. The van der Waals surface area contributed by atoms with Crippen LogP contribution in [0, 0.1) is 0 Å². The van der Waals surface area contributed by atoms with Crippen LogP contribution in [0.4, 0.5) is 5.82 Å². The highest BCUT2D eigenvalue weighted by Crippen LogP contribution is 2.26. The summed E-state index contributed by atoms with van der Waals surface area (Å²) in [6.07, 6.45) is 0. The average molecular weight is 215 g/mol. The molecule has 0 saturated carbocycles. The fourth-order valence-electron chi connectivity index (χ4n) is 1.66. The number of anilines is 1. The Bertz CT molecular complexity index is 675. The molecular formula is C11H9N3O2. The third kappa shape index (κ3) is 1.18. The zero-order valence-electron chi connectivity index (χ0n) is 8.60. The van der Waals surface area contributed by atoms with E-state index in [4.69, 9.17) is 15.0 Å². The number of pyridine rings is 1. The van der Waals surface area contributed by atoms with Crippen LogP contribution in [0.2, 0.25) is 0 Å². The van der Waals surface area contributed by atoms with Gasteiger partial charge in [-0.1, -0.05) is 5.16 Å². The number of methoxy groups -OCH3 is 1. The Labute approximate surface area is 90.8 Å². The number of fused-ring (bicyclic) bond motifs is 2. The second-order valence-corrected chi connectivity index (χ2v) is 3.47. The van der Waals surface area contributed by atoms with E-state index >= 15 is 0 Å². The van der Waals surface area contributed by atoms with E-state index < -0.39 is 0 Å². The van der Waals surface area contributed by atoms with E-state index in [0.29, 0.717) is 11.5 Å². The van der Waals surface area contributed by atoms with Crippen LogP contribution in [0.3, 0.4) is 0 Å². The quantitative estimate of drug-likeness (QED) is 0.671. The van der Waals surface area contributed by atoms with Crippen molar-refractivity contribution in [3.05, 3.63) is 24.3 Å². The largest absolute Gasteiger partial charge is 0.497 e. The third-order valence-corrected chi connectivity index (χ3v) is 2.49. The van der Waals surface area contributed by atoms with Gasteiger partial charge < -0.3 is 15.0 Å². The molecule has 0 bridgehead atoms. The first kappa shape index (κ1) is 8.96. The fourth-order valence-corrected chi connectivity index (χ4v) is 1.66. The summed E-state index contributed by atoms with van der Waals surface area (Å²) in [6.45, 7) is 0. The Hall–Kier alpha value is -2.30. The summed E-state index contributed by atoms with van der Waals surface area (Å²) in [4.78, 5) is 4.31. The van der Waals surface area contributed by atoms with Crippen LogP contribution >= 0.6 is 0 Å². The molecule has 0 fully saturated rings. The van der Waals surface area contributed by atoms with Crippen LogP contribution in [0.25, 0.3) is 22.0 Å². The molecule has 0 aliphatic heterocycles. The first-order chi connectivity index (χ1) is 7.78. The molecule has 5 nitrogen and oxygen atoms in total. The van der Waals surface area contributed by atoms with Crippen molar-refractivity contribution in [1.29, 1.82) is 0 Å². The molecular weight excluding hydrogens is 206 g/mol. The van der Waals surface area contributed by atoms with E-state index in [1.54, 1.807) is 7.11 Å². The van der Waals surface area contributed by atoms with Crippen molar-refractivity contribution in [3.8, 4) is 5.75 Å². The Morgan fingerprint density at radius 1 is 1.31 bits per heavy atom. The number of rotatable bonds is 1. The fraction of sp³-hybridized carbons (Fsp3) is 0.0909.